The van der Waals surface area contributed by atoms with Crippen LogP contribution in [0.1, 0.15) is 68.8 Å². The minimum absolute atomic E-state index is 0.0454. The van der Waals surface area contributed by atoms with Gasteiger partial charge in [-0.3, -0.25) is 19.2 Å². The van der Waals surface area contributed by atoms with Gasteiger partial charge in [-0.2, -0.15) is 8.78 Å². The first kappa shape index (κ1) is 27.6. The minimum atomic E-state index is -3.06. The lowest BCUT2D eigenvalue weighted by molar-refractivity contribution is -0.131. The van der Waals surface area contributed by atoms with E-state index in [1.807, 2.05) is 0 Å². The molecule has 2 saturated carbocycles. The summed E-state index contributed by atoms with van der Waals surface area (Å²) in [6, 6.07) is 2.65. The SMILES string of the molecule is CCC(=O)[C@H](C[C@@H]1CCCC1=O)NC(=O)[C@@H]1[C@H]2CCC[C@H]2CN1C(=O)c1cc2c(OC(F)F)cc(Cl)cc2[nH]1. The Kier molecular flexibility index (Phi) is 7.94. The van der Waals surface area contributed by atoms with Crippen LogP contribution in [0.4, 0.5) is 8.78 Å². The Morgan fingerprint density at radius 1 is 1.18 bits per heavy atom. The minimum Gasteiger partial charge on any atom is -0.434 e. The van der Waals surface area contributed by atoms with Gasteiger partial charge in [-0.05, 0) is 62.1 Å². The molecule has 39 heavy (non-hydrogen) atoms. The van der Waals surface area contributed by atoms with Crippen molar-refractivity contribution in [2.45, 2.75) is 77.0 Å². The van der Waals surface area contributed by atoms with E-state index in [0.29, 0.717) is 24.9 Å². The second kappa shape index (κ2) is 11.2. The predicted octanol–water partition coefficient (Wildman–Crippen LogP) is 4.89. The first-order valence-corrected chi connectivity index (χ1v) is 14.0. The van der Waals surface area contributed by atoms with Gasteiger partial charge in [0.1, 0.15) is 23.3 Å². The Morgan fingerprint density at radius 2 is 1.97 bits per heavy atom. The van der Waals surface area contributed by atoms with E-state index in [0.717, 1.165) is 25.7 Å². The van der Waals surface area contributed by atoms with Crippen LogP contribution in [0.5, 0.6) is 5.75 Å². The lowest BCUT2D eigenvalue weighted by Crippen LogP contribution is -2.53. The van der Waals surface area contributed by atoms with Crippen molar-refractivity contribution in [2.75, 3.05) is 6.54 Å². The normalized spacial score (nSPS) is 25.4. The number of carbonyl (C=O) groups excluding carboxylic acids is 4. The first-order valence-electron chi connectivity index (χ1n) is 13.6. The molecule has 2 N–H and O–H groups in total. The first-order chi connectivity index (χ1) is 18.7. The molecule has 3 fully saturated rings. The van der Waals surface area contributed by atoms with Crippen LogP contribution in [0.15, 0.2) is 18.2 Å². The summed E-state index contributed by atoms with van der Waals surface area (Å²) in [6.07, 6.45) is 5.14. The highest BCUT2D eigenvalue weighted by Gasteiger charge is 2.50. The van der Waals surface area contributed by atoms with E-state index in [2.05, 4.69) is 15.0 Å². The molecule has 0 bridgehead atoms. The smallest absolute Gasteiger partial charge is 0.387 e. The van der Waals surface area contributed by atoms with Gasteiger partial charge in [0.05, 0.1) is 11.6 Å². The monoisotopic (exact) mass is 563 g/mol. The number of aromatic amines is 1. The molecule has 5 atom stereocenters. The van der Waals surface area contributed by atoms with Crippen molar-refractivity contribution in [3.05, 3.63) is 28.9 Å². The molecule has 1 saturated heterocycles. The molecule has 11 heteroatoms. The van der Waals surface area contributed by atoms with Gasteiger partial charge in [0, 0.05) is 35.7 Å². The van der Waals surface area contributed by atoms with Crippen molar-refractivity contribution in [3.63, 3.8) is 0 Å². The van der Waals surface area contributed by atoms with E-state index < -0.39 is 30.5 Å². The number of amides is 2. The molecule has 0 unspecified atom stereocenters. The van der Waals surface area contributed by atoms with Gasteiger partial charge in [0.25, 0.3) is 5.91 Å². The number of H-pyrrole nitrogens is 1. The van der Waals surface area contributed by atoms with Gasteiger partial charge in [0.15, 0.2) is 5.78 Å². The van der Waals surface area contributed by atoms with E-state index >= 15 is 0 Å². The number of carbonyl (C=O) groups is 4. The maximum atomic E-state index is 13.8. The van der Waals surface area contributed by atoms with Crippen LogP contribution in [-0.2, 0) is 14.4 Å². The molecule has 1 aromatic carbocycles. The summed E-state index contributed by atoms with van der Waals surface area (Å²) in [4.78, 5) is 57.0. The number of aromatic nitrogens is 1. The zero-order valence-corrected chi connectivity index (χ0v) is 22.4. The van der Waals surface area contributed by atoms with Crippen molar-refractivity contribution in [3.8, 4) is 5.75 Å². The predicted molar refractivity (Wildman–Crippen MR) is 140 cm³/mol. The summed E-state index contributed by atoms with van der Waals surface area (Å²) in [5, 5.41) is 3.35. The van der Waals surface area contributed by atoms with Gasteiger partial charge >= 0.3 is 6.61 Å². The highest BCUT2D eigenvalue weighted by molar-refractivity contribution is 6.31. The molecule has 2 aromatic rings. The summed E-state index contributed by atoms with van der Waals surface area (Å²) < 4.78 is 30.5. The molecule has 8 nitrogen and oxygen atoms in total. The fraction of sp³-hybridized carbons (Fsp3) is 0.571. The number of likely N-dealkylation sites (tertiary alicyclic amines) is 1. The summed E-state index contributed by atoms with van der Waals surface area (Å²) in [5.74, 6) is -1.14. The van der Waals surface area contributed by atoms with Crippen LogP contribution >= 0.6 is 11.6 Å². The van der Waals surface area contributed by atoms with Crippen molar-refractivity contribution in [1.29, 1.82) is 0 Å². The maximum absolute atomic E-state index is 13.8. The molecule has 2 amide bonds. The number of ketones is 2. The van der Waals surface area contributed by atoms with Crippen LogP contribution in [0.25, 0.3) is 10.9 Å². The molecule has 5 rings (SSSR count). The number of nitrogens with one attached hydrogen (secondary N) is 2. The quantitative estimate of drug-likeness (QED) is 0.452. The number of fused-ring (bicyclic) bond motifs is 2. The van der Waals surface area contributed by atoms with Crippen LogP contribution in [-0.4, -0.2) is 58.5 Å². The van der Waals surface area contributed by atoms with Crippen molar-refractivity contribution >= 4 is 45.9 Å². The average molecular weight is 564 g/mol. The Hall–Kier alpha value is -3.01. The fourth-order valence-electron chi connectivity index (χ4n) is 6.68. The Morgan fingerprint density at radius 3 is 2.67 bits per heavy atom. The van der Waals surface area contributed by atoms with Gasteiger partial charge in [0.2, 0.25) is 5.91 Å². The molecule has 0 radical (unpaired) electrons. The molecule has 1 aromatic heterocycles. The molecule has 2 heterocycles. The number of Topliss-reactive ketones (excluding diaryl/α,β-unsaturated/α-hetero) is 2. The Labute approximate surface area is 229 Å². The third-order valence-corrected chi connectivity index (χ3v) is 8.75. The molecular weight excluding hydrogens is 532 g/mol. The topological polar surface area (TPSA) is 109 Å². The largest absolute Gasteiger partial charge is 0.434 e. The molecule has 1 aliphatic heterocycles. The number of ether oxygens (including phenoxy) is 1. The zero-order valence-electron chi connectivity index (χ0n) is 21.7. The third kappa shape index (κ3) is 5.53. The van der Waals surface area contributed by atoms with Gasteiger partial charge < -0.3 is 19.9 Å². The molecule has 3 aliphatic rings. The van der Waals surface area contributed by atoms with E-state index in [1.54, 1.807) is 6.92 Å². The Bertz CT molecular complexity index is 1300. The van der Waals surface area contributed by atoms with Gasteiger partial charge in [-0.15, -0.1) is 0 Å². The summed E-state index contributed by atoms with van der Waals surface area (Å²) in [6.45, 7) is -0.957. The van der Waals surface area contributed by atoms with Crippen LogP contribution in [0.3, 0.4) is 0 Å². The van der Waals surface area contributed by atoms with Crippen molar-refractivity contribution in [1.82, 2.24) is 15.2 Å². The zero-order chi connectivity index (χ0) is 27.8. The second-order valence-corrected chi connectivity index (χ2v) is 11.3. The number of nitrogens with zero attached hydrogens (tertiary/aromatic N) is 1. The average Bonchev–Trinajstić information content (AvgIpc) is 3.66. The van der Waals surface area contributed by atoms with Crippen LogP contribution in [0, 0.1) is 17.8 Å². The van der Waals surface area contributed by atoms with Crippen LogP contribution < -0.4 is 10.1 Å². The molecule has 2 aliphatic carbocycles. The van der Waals surface area contributed by atoms with E-state index in [1.165, 1.54) is 23.1 Å². The lowest BCUT2D eigenvalue weighted by atomic mass is 9.91. The third-order valence-electron chi connectivity index (χ3n) is 8.54. The van der Waals surface area contributed by atoms with E-state index in [9.17, 15) is 28.0 Å². The number of alkyl halides is 2. The van der Waals surface area contributed by atoms with E-state index in [4.69, 9.17) is 11.6 Å². The standard InChI is InChI=1S/C28H32ClF2N3O5/c1-2-22(35)20(9-14-5-4-8-23(14)36)33-26(37)25-17-7-3-6-15(17)13-34(25)27(38)21-12-18-19(32-21)10-16(29)11-24(18)39-28(30)31/h10-12,14-15,17,20,25,28,32H,2-9,13H2,1H3,(H,33,37)/t14-,15-,17-,20-,25-/m0/s1. The molecule has 210 valence electrons. The number of benzene rings is 1. The number of hydrogen-bond acceptors (Lipinski definition) is 5. The molecule has 0 spiro atoms. The van der Waals surface area contributed by atoms with Crippen molar-refractivity contribution < 1.29 is 32.7 Å². The summed E-state index contributed by atoms with van der Waals surface area (Å²) >= 11 is 6.07. The number of halogens is 3. The van der Waals surface area contributed by atoms with Crippen LogP contribution in [0.2, 0.25) is 5.02 Å². The van der Waals surface area contributed by atoms with Gasteiger partial charge in [-0.25, -0.2) is 0 Å². The highest BCUT2D eigenvalue weighted by Crippen LogP contribution is 2.43. The number of hydrogen-bond donors (Lipinski definition) is 2. The van der Waals surface area contributed by atoms with Crippen molar-refractivity contribution in [2.24, 2.45) is 17.8 Å². The summed E-state index contributed by atoms with van der Waals surface area (Å²) in [7, 11) is 0. The van der Waals surface area contributed by atoms with Gasteiger partial charge in [-0.1, -0.05) is 24.9 Å². The number of rotatable bonds is 9. The lowest BCUT2D eigenvalue weighted by Gasteiger charge is -2.29. The summed E-state index contributed by atoms with van der Waals surface area (Å²) in [5.41, 5.74) is 0.485. The Balaban J connectivity index is 1.41. The molecular formula is C28H32ClF2N3O5. The van der Waals surface area contributed by atoms with E-state index in [-0.39, 0.29) is 64.0 Å². The maximum Gasteiger partial charge on any atom is 0.387 e. The fourth-order valence-corrected chi connectivity index (χ4v) is 6.89. The highest BCUT2D eigenvalue weighted by atomic mass is 35.5. The second-order valence-electron chi connectivity index (χ2n) is 10.9.